The van der Waals surface area contributed by atoms with Crippen LogP contribution in [-0.4, -0.2) is 40.7 Å². The van der Waals surface area contributed by atoms with Crippen LogP contribution in [0.25, 0.3) is 5.65 Å². The number of aryl methyl sites for hydroxylation is 1. The van der Waals surface area contributed by atoms with Crippen LogP contribution >= 0.6 is 15.9 Å². The van der Waals surface area contributed by atoms with Gasteiger partial charge in [0.2, 0.25) is 10.0 Å². The monoisotopic (exact) mass is 505 g/mol. The van der Waals surface area contributed by atoms with Crippen molar-refractivity contribution in [3.8, 4) is 0 Å². The van der Waals surface area contributed by atoms with Crippen LogP contribution in [0, 0.1) is 6.92 Å². The smallest absolute Gasteiger partial charge is 0.324 e. The number of pyridine rings is 1. The lowest BCUT2D eigenvalue weighted by molar-refractivity contribution is -0.148. The molecule has 1 aliphatic rings. The van der Waals surface area contributed by atoms with Crippen LogP contribution < -0.4 is 5.56 Å². The van der Waals surface area contributed by atoms with Crippen molar-refractivity contribution in [2.24, 2.45) is 0 Å². The summed E-state index contributed by atoms with van der Waals surface area (Å²) in [7, 11) is -3.81. The highest BCUT2D eigenvalue weighted by Crippen LogP contribution is 2.27. The quantitative estimate of drug-likeness (QED) is 0.494. The summed E-state index contributed by atoms with van der Waals surface area (Å²) in [5.74, 6) is -0.647. The van der Waals surface area contributed by atoms with E-state index in [2.05, 4.69) is 20.9 Å². The normalized spacial score (nSPS) is 17.2. The van der Waals surface area contributed by atoms with Crippen molar-refractivity contribution in [1.82, 2.24) is 13.7 Å². The summed E-state index contributed by atoms with van der Waals surface area (Å²) in [6, 6.07) is 10.3. The number of halogens is 1. The first-order valence-corrected chi connectivity index (χ1v) is 11.9. The number of aromatic nitrogens is 2. The Labute approximate surface area is 187 Å². The second kappa shape index (κ2) is 8.52. The van der Waals surface area contributed by atoms with Crippen molar-refractivity contribution in [2.45, 2.75) is 37.3 Å². The van der Waals surface area contributed by atoms with E-state index in [9.17, 15) is 18.0 Å². The van der Waals surface area contributed by atoms with Gasteiger partial charge in [-0.1, -0.05) is 17.7 Å². The van der Waals surface area contributed by atoms with Crippen LogP contribution in [0.2, 0.25) is 0 Å². The molecule has 0 aliphatic carbocycles. The highest BCUT2D eigenvalue weighted by atomic mass is 79.9. The van der Waals surface area contributed by atoms with Gasteiger partial charge >= 0.3 is 5.97 Å². The summed E-state index contributed by atoms with van der Waals surface area (Å²) in [5.41, 5.74) is 1.36. The molecule has 0 unspecified atom stereocenters. The topological polar surface area (TPSA) is 98.0 Å². The summed E-state index contributed by atoms with van der Waals surface area (Å²) >= 11 is 3.30. The number of fused-ring (bicyclic) bond motifs is 1. The molecule has 0 N–H and O–H groups in total. The zero-order chi connectivity index (χ0) is 22.2. The lowest BCUT2D eigenvalue weighted by atomic mass is 10.2. The van der Waals surface area contributed by atoms with E-state index in [1.165, 1.54) is 26.9 Å². The molecule has 1 saturated heterocycles. The molecule has 0 saturated carbocycles. The number of nitrogens with zero attached hydrogens (tertiary/aromatic N) is 3. The van der Waals surface area contributed by atoms with Gasteiger partial charge in [0.15, 0.2) is 0 Å². The second-order valence-electron chi connectivity index (χ2n) is 7.36. The number of ether oxygens (including phenoxy) is 1. The molecule has 3 aromatic rings. The Morgan fingerprint density at radius 2 is 1.97 bits per heavy atom. The Kier molecular flexibility index (Phi) is 5.96. The fraction of sp³-hybridized carbons (Fsp3) is 0.286. The fourth-order valence-corrected chi connectivity index (χ4v) is 5.53. The number of hydrogen-bond donors (Lipinski definition) is 0. The van der Waals surface area contributed by atoms with Gasteiger partial charge in [-0.3, -0.25) is 14.0 Å². The first-order valence-electron chi connectivity index (χ1n) is 9.69. The van der Waals surface area contributed by atoms with E-state index in [1.807, 2.05) is 6.92 Å². The van der Waals surface area contributed by atoms with Crippen molar-refractivity contribution in [3.63, 3.8) is 0 Å². The highest BCUT2D eigenvalue weighted by molar-refractivity contribution is 9.10. The van der Waals surface area contributed by atoms with E-state index in [4.69, 9.17) is 4.74 Å². The predicted octanol–water partition coefficient (Wildman–Crippen LogP) is 2.66. The third kappa shape index (κ3) is 4.41. The van der Waals surface area contributed by atoms with Gasteiger partial charge in [0.1, 0.15) is 18.3 Å². The van der Waals surface area contributed by atoms with Crippen LogP contribution in [0.1, 0.15) is 24.1 Å². The molecule has 0 spiro atoms. The molecule has 0 radical (unpaired) electrons. The van der Waals surface area contributed by atoms with E-state index in [-0.39, 0.29) is 23.6 Å². The maximum atomic E-state index is 13.0. The van der Waals surface area contributed by atoms with Gasteiger partial charge in [0.05, 0.1) is 10.6 Å². The summed E-state index contributed by atoms with van der Waals surface area (Å²) < 4.78 is 34.7. The maximum Gasteiger partial charge on any atom is 0.324 e. The molecule has 8 nitrogen and oxygen atoms in total. The molecule has 3 heterocycles. The number of rotatable bonds is 5. The molecule has 1 fully saturated rings. The Balaban J connectivity index is 1.50. The Bertz CT molecular complexity index is 1300. The minimum Gasteiger partial charge on any atom is -0.458 e. The molecule has 0 amide bonds. The Morgan fingerprint density at radius 1 is 1.23 bits per heavy atom. The first-order chi connectivity index (χ1) is 14.8. The number of esters is 1. The SMILES string of the molecule is Cc1ccc(S(=O)(=O)N2CCC[C@@H]2C(=O)OCc2cc(=O)n3cc(Br)ccc3n2)cc1. The molecule has 10 heteroatoms. The van der Waals surface area contributed by atoms with Crippen LogP contribution in [0.4, 0.5) is 0 Å². The standard InChI is InChI=1S/C21H20BrN3O5S/c1-14-4-7-17(8-5-14)31(28,29)25-10-2-3-18(25)21(27)30-13-16-11-20(26)24-12-15(22)6-9-19(24)23-16/h4-9,11-12,18H,2-3,10,13H2,1H3/t18-/m1/s1. The van der Waals surface area contributed by atoms with Crippen molar-refractivity contribution in [1.29, 1.82) is 0 Å². The van der Waals surface area contributed by atoms with Gasteiger partial charge in [0.25, 0.3) is 5.56 Å². The molecular formula is C21H20BrN3O5S. The molecular weight excluding hydrogens is 486 g/mol. The molecule has 0 bridgehead atoms. The van der Waals surface area contributed by atoms with Crippen molar-refractivity contribution >= 4 is 37.6 Å². The van der Waals surface area contributed by atoms with Crippen molar-refractivity contribution in [3.05, 3.63) is 74.7 Å². The average Bonchev–Trinajstić information content (AvgIpc) is 3.24. The van der Waals surface area contributed by atoms with Crippen LogP contribution in [-0.2, 0) is 26.2 Å². The summed E-state index contributed by atoms with van der Waals surface area (Å²) in [6.07, 6.45) is 2.55. The van der Waals surface area contributed by atoms with E-state index < -0.39 is 22.0 Å². The summed E-state index contributed by atoms with van der Waals surface area (Å²) in [5, 5.41) is 0. The van der Waals surface area contributed by atoms with Crippen LogP contribution in [0.15, 0.2) is 62.8 Å². The maximum absolute atomic E-state index is 13.0. The van der Waals surface area contributed by atoms with E-state index >= 15 is 0 Å². The molecule has 2 aromatic heterocycles. The largest absolute Gasteiger partial charge is 0.458 e. The molecule has 162 valence electrons. The molecule has 1 aromatic carbocycles. The van der Waals surface area contributed by atoms with Gasteiger partial charge in [-0.05, 0) is 60.0 Å². The Hall–Kier alpha value is -2.56. The summed E-state index contributed by atoms with van der Waals surface area (Å²) in [4.78, 5) is 29.5. The van der Waals surface area contributed by atoms with Gasteiger partial charge in [-0.25, -0.2) is 13.4 Å². The van der Waals surface area contributed by atoms with Crippen LogP contribution in [0.3, 0.4) is 0 Å². The van der Waals surface area contributed by atoms with E-state index in [1.54, 1.807) is 30.5 Å². The first kappa shape index (κ1) is 21.7. The predicted molar refractivity (Wildman–Crippen MR) is 117 cm³/mol. The Morgan fingerprint density at radius 3 is 2.71 bits per heavy atom. The number of benzene rings is 1. The number of carbonyl (C=O) groups excluding carboxylic acids is 1. The van der Waals surface area contributed by atoms with E-state index in [0.29, 0.717) is 24.2 Å². The van der Waals surface area contributed by atoms with Gasteiger partial charge < -0.3 is 4.74 Å². The van der Waals surface area contributed by atoms with Gasteiger partial charge in [0, 0.05) is 23.3 Å². The van der Waals surface area contributed by atoms with Gasteiger partial charge in [-0.2, -0.15) is 4.31 Å². The minimum absolute atomic E-state index is 0.146. The fourth-order valence-electron chi connectivity index (χ4n) is 3.55. The highest BCUT2D eigenvalue weighted by Gasteiger charge is 2.40. The van der Waals surface area contributed by atoms with Crippen LogP contribution in [0.5, 0.6) is 0 Å². The van der Waals surface area contributed by atoms with Crippen molar-refractivity contribution < 1.29 is 17.9 Å². The minimum atomic E-state index is -3.81. The summed E-state index contributed by atoms with van der Waals surface area (Å²) in [6.45, 7) is 1.91. The number of sulfonamides is 1. The zero-order valence-electron chi connectivity index (χ0n) is 16.7. The van der Waals surface area contributed by atoms with Crippen molar-refractivity contribution in [2.75, 3.05) is 6.54 Å². The number of carbonyl (C=O) groups is 1. The average molecular weight is 506 g/mol. The second-order valence-corrected chi connectivity index (χ2v) is 10.2. The lowest BCUT2D eigenvalue weighted by Crippen LogP contribution is -2.41. The number of hydrogen-bond acceptors (Lipinski definition) is 6. The molecule has 31 heavy (non-hydrogen) atoms. The lowest BCUT2D eigenvalue weighted by Gasteiger charge is -2.22. The molecule has 1 atom stereocenters. The zero-order valence-corrected chi connectivity index (χ0v) is 19.1. The van der Waals surface area contributed by atoms with Gasteiger partial charge in [-0.15, -0.1) is 0 Å². The third-order valence-electron chi connectivity index (χ3n) is 5.14. The molecule has 4 rings (SSSR count). The van der Waals surface area contributed by atoms with E-state index in [0.717, 1.165) is 10.0 Å². The third-order valence-corrected chi connectivity index (χ3v) is 7.53. The molecule has 1 aliphatic heterocycles.